The van der Waals surface area contributed by atoms with E-state index in [9.17, 15) is 4.79 Å². The molecule has 0 saturated carbocycles. The Balaban J connectivity index is 1.89. The maximum Gasteiger partial charge on any atom is 0.234 e. The number of carbonyl (C=O) groups is 1. The van der Waals surface area contributed by atoms with Gasteiger partial charge in [-0.1, -0.05) is 0 Å². The zero-order valence-electron chi connectivity index (χ0n) is 13.1. The fraction of sp³-hybridized carbons (Fsp3) is 0.294. The van der Waals surface area contributed by atoms with Crippen molar-refractivity contribution >= 4 is 17.7 Å². The molecule has 120 valence electrons. The number of pyridine rings is 1. The van der Waals surface area contributed by atoms with Crippen molar-refractivity contribution in [2.45, 2.75) is 11.9 Å². The Hall–Kier alpha value is -2.21. The van der Waals surface area contributed by atoms with E-state index in [1.54, 1.807) is 38.4 Å². The second kappa shape index (κ2) is 6.91. The van der Waals surface area contributed by atoms with Gasteiger partial charge in [-0.2, -0.15) is 0 Å². The molecule has 1 amide bonds. The number of hydrogen-bond donors (Lipinski definition) is 0. The van der Waals surface area contributed by atoms with Crippen molar-refractivity contribution in [3.63, 3.8) is 0 Å². The Morgan fingerprint density at radius 3 is 2.70 bits per heavy atom. The molecule has 0 spiro atoms. The summed E-state index contributed by atoms with van der Waals surface area (Å²) >= 11 is 1.63. The summed E-state index contributed by atoms with van der Waals surface area (Å²) in [5.74, 6) is 2.12. The number of amides is 1. The molecule has 0 bridgehead atoms. The van der Waals surface area contributed by atoms with Gasteiger partial charge in [0.05, 0.1) is 26.5 Å². The summed E-state index contributed by atoms with van der Waals surface area (Å²) in [5.41, 5.74) is 2.01. The number of hydrogen-bond acceptors (Lipinski definition) is 5. The van der Waals surface area contributed by atoms with E-state index in [4.69, 9.17) is 9.47 Å². The fourth-order valence-electron chi connectivity index (χ4n) is 2.62. The lowest BCUT2D eigenvalue weighted by molar-refractivity contribution is -0.128. The minimum atomic E-state index is 0.00130. The molecule has 1 aliphatic rings. The third-order valence-electron chi connectivity index (χ3n) is 3.79. The highest BCUT2D eigenvalue weighted by Gasteiger charge is 2.33. The largest absolute Gasteiger partial charge is 0.497 e. The van der Waals surface area contributed by atoms with E-state index >= 15 is 0 Å². The monoisotopic (exact) mass is 330 g/mol. The molecule has 1 atom stereocenters. The highest BCUT2D eigenvalue weighted by Crippen LogP contribution is 2.40. The van der Waals surface area contributed by atoms with Gasteiger partial charge >= 0.3 is 0 Å². The van der Waals surface area contributed by atoms with Gasteiger partial charge in [0.15, 0.2) is 0 Å². The van der Waals surface area contributed by atoms with Gasteiger partial charge in [0.25, 0.3) is 0 Å². The lowest BCUT2D eigenvalue weighted by Gasteiger charge is -2.25. The molecule has 6 heteroatoms. The molecule has 1 saturated heterocycles. The van der Waals surface area contributed by atoms with Crippen molar-refractivity contribution in [2.24, 2.45) is 0 Å². The summed E-state index contributed by atoms with van der Waals surface area (Å²) in [4.78, 5) is 18.3. The molecule has 2 heterocycles. The zero-order valence-corrected chi connectivity index (χ0v) is 13.9. The molecule has 1 aromatic carbocycles. The zero-order chi connectivity index (χ0) is 16.2. The molecule has 5 nitrogen and oxygen atoms in total. The molecule has 1 fully saturated rings. The Morgan fingerprint density at radius 1 is 1.22 bits per heavy atom. The molecule has 1 aliphatic heterocycles. The normalized spacial score (nSPS) is 17.4. The maximum absolute atomic E-state index is 12.3. The number of aromatic nitrogens is 1. The van der Waals surface area contributed by atoms with E-state index in [1.165, 1.54) is 0 Å². The first kappa shape index (κ1) is 15.7. The van der Waals surface area contributed by atoms with Crippen LogP contribution in [0.25, 0.3) is 0 Å². The lowest BCUT2D eigenvalue weighted by atomic mass is 10.1. The van der Waals surface area contributed by atoms with Crippen molar-refractivity contribution in [3.8, 4) is 11.5 Å². The Labute approximate surface area is 139 Å². The summed E-state index contributed by atoms with van der Waals surface area (Å²) in [7, 11) is 3.26. The van der Waals surface area contributed by atoms with Crippen molar-refractivity contribution in [1.29, 1.82) is 0 Å². The topological polar surface area (TPSA) is 51.7 Å². The van der Waals surface area contributed by atoms with Crippen LogP contribution < -0.4 is 9.47 Å². The molecule has 23 heavy (non-hydrogen) atoms. The van der Waals surface area contributed by atoms with Crippen LogP contribution in [0.5, 0.6) is 11.5 Å². The van der Waals surface area contributed by atoms with Crippen LogP contribution in [-0.2, 0) is 11.3 Å². The minimum absolute atomic E-state index is 0.00130. The van der Waals surface area contributed by atoms with E-state index in [2.05, 4.69) is 4.98 Å². The van der Waals surface area contributed by atoms with Crippen molar-refractivity contribution < 1.29 is 14.3 Å². The molecule has 0 aliphatic carbocycles. The van der Waals surface area contributed by atoms with Crippen LogP contribution in [-0.4, -0.2) is 35.8 Å². The van der Waals surface area contributed by atoms with Gasteiger partial charge in [-0.3, -0.25) is 9.78 Å². The van der Waals surface area contributed by atoms with E-state index in [-0.39, 0.29) is 11.3 Å². The molecule has 2 aromatic rings. The third kappa shape index (κ3) is 3.27. The first-order valence-electron chi connectivity index (χ1n) is 7.25. The molecule has 0 radical (unpaired) electrons. The smallest absolute Gasteiger partial charge is 0.234 e. The number of methoxy groups -OCH3 is 2. The fourth-order valence-corrected chi connectivity index (χ4v) is 3.81. The van der Waals surface area contributed by atoms with Gasteiger partial charge < -0.3 is 14.4 Å². The molecule has 1 aromatic heterocycles. The number of benzene rings is 1. The summed E-state index contributed by atoms with van der Waals surface area (Å²) in [6.45, 7) is 0.485. The Bertz CT molecular complexity index is 693. The van der Waals surface area contributed by atoms with E-state index in [0.717, 1.165) is 22.6 Å². The van der Waals surface area contributed by atoms with Gasteiger partial charge in [0.1, 0.15) is 16.9 Å². The lowest BCUT2D eigenvalue weighted by Crippen LogP contribution is -2.27. The second-order valence-electron chi connectivity index (χ2n) is 5.14. The van der Waals surface area contributed by atoms with Gasteiger partial charge in [-0.15, -0.1) is 11.8 Å². The van der Waals surface area contributed by atoms with Gasteiger partial charge in [0.2, 0.25) is 5.91 Å². The van der Waals surface area contributed by atoms with Crippen LogP contribution >= 0.6 is 11.8 Å². The highest BCUT2D eigenvalue weighted by molar-refractivity contribution is 8.00. The van der Waals surface area contributed by atoms with E-state index in [1.807, 2.05) is 35.2 Å². The Kier molecular flexibility index (Phi) is 4.71. The Morgan fingerprint density at radius 2 is 2.00 bits per heavy atom. The number of nitrogens with zero attached hydrogens (tertiary/aromatic N) is 2. The van der Waals surface area contributed by atoms with Crippen molar-refractivity contribution in [1.82, 2.24) is 9.88 Å². The van der Waals surface area contributed by atoms with E-state index in [0.29, 0.717) is 12.3 Å². The van der Waals surface area contributed by atoms with Crippen LogP contribution in [0.3, 0.4) is 0 Å². The molecular weight excluding hydrogens is 312 g/mol. The summed E-state index contributed by atoms with van der Waals surface area (Å²) in [6, 6.07) is 9.53. The van der Waals surface area contributed by atoms with Crippen LogP contribution in [0.4, 0.5) is 0 Å². The SMILES string of the molecule is COc1ccc(OC)c(CN2C(=O)CSC2c2ccncc2)c1. The molecule has 1 unspecified atom stereocenters. The first-order chi connectivity index (χ1) is 11.2. The first-order valence-corrected chi connectivity index (χ1v) is 8.29. The number of thioether (sulfide) groups is 1. The predicted molar refractivity (Wildman–Crippen MR) is 89.5 cm³/mol. The summed E-state index contributed by atoms with van der Waals surface area (Å²) in [5, 5.41) is 0.00130. The van der Waals surface area contributed by atoms with E-state index < -0.39 is 0 Å². The van der Waals surface area contributed by atoms with Crippen molar-refractivity contribution in [3.05, 3.63) is 53.9 Å². The summed E-state index contributed by atoms with van der Waals surface area (Å²) in [6.07, 6.45) is 3.51. The summed E-state index contributed by atoms with van der Waals surface area (Å²) < 4.78 is 10.7. The highest BCUT2D eigenvalue weighted by atomic mass is 32.2. The van der Waals surface area contributed by atoms with Gasteiger partial charge in [-0.25, -0.2) is 0 Å². The van der Waals surface area contributed by atoms with Gasteiger partial charge in [-0.05, 0) is 35.9 Å². The van der Waals surface area contributed by atoms with Gasteiger partial charge in [0, 0.05) is 18.0 Å². The number of carbonyl (C=O) groups excluding carboxylic acids is 1. The van der Waals surface area contributed by atoms with Crippen LogP contribution in [0.1, 0.15) is 16.5 Å². The predicted octanol–water partition coefficient (Wildman–Crippen LogP) is 2.87. The molecule has 0 N–H and O–H groups in total. The second-order valence-corrected chi connectivity index (χ2v) is 6.21. The quantitative estimate of drug-likeness (QED) is 0.844. The molecular formula is C17H18N2O3S. The number of rotatable bonds is 5. The third-order valence-corrected chi connectivity index (χ3v) is 5.04. The molecule has 3 rings (SSSR count). The van der Waals surface area contributed by atoms with Crippen LogP contribution in [0, 0.1) is 0 Å². The number of ether oxygens (including phenoxy) is 2. The average molecular weight is 330 g/mol. The average Bonchev–Trinajstić information content (AvgIpc) is 2.96. The van der Waals surface area contributed by atoms with Crippen LogP contribution in [0.2, 0.25) is 0 Å². The maximum atomic E-state index is 12.3. The van der Waals surface area contributed by atoms with Crippen LogP contribution in [0.15, 0.2) is 42.7 Å². The van der Waals surface area contributed by atoms with Crippen molar-refractivity contribution in [2.75, 3.05) is 20.0 Å². The minimum Gasteiger partial charge on any atom is -0.497 e. The standard InChI is InChI=1S/C17H18N2O3S/c1-21-14-3-4-15(22-2)13(9-14)10-19-16(20)11-23-17(19)12-5-7-18-8-6-12/h3-9,17H,10-11H2,1-2H3.